The molecule has 3 aromatic carbocycles. The summed E-state index contributed by atoms with van der Waals surface area (Å²) in [5.74, 6) is -1.15. The summed E-state index contributed by atoms with van der Waals surface area (Å²) in [5.41, 5.74) is 4.57. The van der Waals surface area contributed by atoms with Crippen LogP contribution >= 0.6 is 0 Å². The molecule has 4 N–H and O–H groups in total. The molecule has 4 amide bonds. The molecule has 1 saturated heterocycles. The highest BCUT2D eigenvalue weighted by Crippen LogP contribution is 2.31. The summed E-state index contributed by atoms with van der Waals surface area (Å²) < 4.78 is 13.4. The van der Waals surface area contributed by atoms with Crippen molar-refractivity contribution in [1.82, 2.24) is 25.4 Å². The highest BCUT2D eigenvalue weighted by Gasteiger charge is 2.33. The molecule has 1 fully saturated rings. The molecule has 0 radical (unpaired) electrons. The minimum atomic E-state index is -0.943. The Morgan fingerprint density at radius 3 is 2.43 bits per heavy atom. The average molecular weight is 627 g/mol. The fraction of sp³-hybridized carbons (Fsp3) is 0.361. The number of amides is 4. The molecule has 242 valence electrons. The molecule has 0 bridgehead atoms. The topological polar surface area (TPSA) is 110 Å². The zero-order valence-corrected chi connectivity index (χ0v) is 26.9. The lowest BCUT2D eigenvalue weighted by molar-refractivity contribution is -0.118. The molecule has 1 aliphatic heterocycles. The lowest BCUT2D eigenvalue weighted by Gasteiger charge is -2.34. The van der Waals surface area contributed by atoms with Gasteiger partial charge in [-0.1, -0.05) is 43.3 Å². The zero-order valence-electron chi connectivity index (χ0n) is 26.9. The van der Waals surface area contributed by atoms with Crippen LogP contribution in [0.4, 0.5) is 14.9 Å². The number of piperidine rings is 1. The maximum atomic E-state index is 14.2. The van der Waals surface area contributed by atoms with E-state index in [9.17, 15) is 18.8 Å². The first-order valence-corrected chi connectivity index (χ1v) is 15.9. The summed E-state index contributed by atoms with van der Waals surface area (Å²) >= 11 is 0. The SMILES string of the molecule is CCNC(=O)c1ccc(CN(C)C)cc1NC(=O)[C@H](NC(=O)N1CCC(c2ccc(F)cc2)CC1)[C@H](C)c1c[nH]c2ccccc12. The third-order valence-corrected chi connectivity index (χ3v) is 8.72. The Morgan fingerprint density at radius 1 is 1.02 bits per heavy atom. The van der Waals surface area contributed by atoms with Crippen LogP contribution in [0, 0.1) is 5.82 Å². The number of H-pyrrole nitrogens is 1. The van der Waals surface area contributed by atoms with Crippen LogP contribution in [-0.2, 0) is 11.3 Å². The van der Waals surface area contributed by atoms with Crippen LogP contribution in [0.5, 0.6) is 0 Å². The summed E-state index contributed by atoms with van der Waals surface area (Å²) in [6.45, 7) is 5.86. The van der Waals surface area contributed by atoms with Gasteiger partial charge in [-0.3, -0.25) is 9.59 Å². The van der Waals surface area contributed by atoms with Gasteiger partial charge in [0.15, 0.2) is 0 Å². The van der Waals surface area contributed by atoms with Crippen molar-refractivity contribution in [2.75, 3.05) is 39.0 Å². The number of halogens is 1. The normalized spacial score (nSPS) is 15.0. The molecule has 4 aromatic rings. The molecule has 10 heteroatoms. The van der Waals surface area contributed by atoms with Crippen molar-refractivity contribution in [3.63, 3.8) is 0 Å². The van der Waals surface area contributed by atoms with Crippen LogP contribution in [0.3, 0.4) is 0 Å². The van der Waals surface area contributed by atoms with Crippen LogP contribution < -0.4 is 16.0 Å². The van der Waals surface area contributed by atoms with Gasteiger partial charge >= 0.3 is 6.03 Å². The molecule has 0 saturated carbocycles. The molecule has 1 aliphatic rings. The summed E-state index contributed by atoms with van der Waals surface area (Å²) in [6.07, 6.45) is 3.36. The van der Waals surface area contributed by atoms with Gasteiger partial charge in [0.2, 0.25) is 5.91 Å². The van der Waals surface area contributed by atoms with Crippen LogP contribution in [0.15, 0.2) is 72.9 Å². The number of para-hydroxylation sites is 1. The van der Waals surface area contributed by atoms with Crippen molar-refractivity contribution >= 4 is 34.4 Å². The number of carbonyl (C=O) groups excluding carboxylic acids is 3. The first-order valence-electron chi connectivity index (χ1n) is 15.9. The molecular formula is C36H43FN6O3. The predicted octanol–water partition coefficient (Wildman–Crippen LogP) is 5.82. The van der Waals surface area contributed by atoms with Crippen molar-refractivity contribution < 1.29 is 18.8 Å². The van der Waals surface area contributed by atoms with Crippen molar-refractivity contribution in [2.24, 2.45) is 0 Å². The van der Waals surface area contributed by atoms with Crippen molar-refractivity contribution in [1.29, 1.82) is 0 Å². The summed E-state index contributed by atoms with van der Waals surface area (Å²) in [6, 6.07) is 18.6. The number of benzene rings is 3. The van der Waals surface area contributed by atoms with E-state index >= 15 is 0 Å². The van der Waals surface area contributed by atoms with Crippen LogP contribution in [0.25, 0.3) is 10.9 Å². The van der Waals surface area contributed by atoms with Gasteiger partial charge in [-0.15, -0.1) is 0 Å². The monoisotopic (exact) mass is 626 g/mol. The molecule has 1 aromatic heterocycles. The van der Waals surface area contributed by atoms with E-state index in [0.717, 1.165) is 40.4 Å². The Labute approximate surface area is 269 Å². The van der Waals surface area contributed by atoms with Crippen LogP contribution in [0.1, 0.15) is 65.6 Å². The molecule has 2 heterocycles. The molecular weight excluding hydrogens is 583 g/mol. The fourth-order valence-corrected chi connectivity index (χ4v) is 6.27. The van der Waals surface area contributed by atoms with Gasteiger partial charge < -0.3 is 30.7 Å². The third kappa shape index (κ3) is 7.56. The third-order valence-electron chi connectivity index (χ3n) is 8.72. The number of aromatic nitrogens is 1. The predicted molar refractivity (Wildman–Crippen MR) is 179 cm³/mol. The van der Waals surface area contributed by atoms with E-state index in [2.05, 4.69) is 20.9 Å². The molecule has 5 rings (SSSR count). The first kappa shape index (κ1) is 32.7. The summed E-state index contributed by atoms with van der Waals surface area (Å²) in [5, 5.41) is 9.84. The van der Waals surface area contributed by atoms with Gasteiger partial charge in [0.05, 0.1) is 11.3 Å². The number of aromatic amines is 1. The van der Waals surface area contributed by atoms with E-state index in [-0.39, 0.29) is 23.7 Å². The minimum Gasteiger partial charge on any atom is -0.361 e. The van der Waals surface area contributed by atoms with Crippen molar-refractivity contribution in [3.05, 3.63) is 101 Å². The second-order valence-corrected chi connectivity index (χ2v) is 12.3. The number of urea groups is 1. The molecule has 0 aliphatic carbocycles. The van der Waals surface area contributed by atoms with Gasteiger partial charge in [0.25, 0.3) is 5.91 Å². The number of carbonyl (C=O) groups is 3. The Balaban J connectivity index is 1.40. The van der Waals surface area contributed by atoms with Gasteiger partial charge in [-0.2, -0.15) is 0 Å². The van der Waals surface area contributed by atoms with Gasteiger partial charge in [0.1, 0.15) is 11.9 Å². The Hall–Kier alpha value is -4.70. The molecule has 9 nitrogen and oxygen atoms in total. The number of hydrogen-bond donors (Lipinski definition) is 4. The standard InChI is InChI=1S/C36H43FN6O3/c1-5-38-34(44)29-15-10-24(22-42(3)4)20-32(29)40-35(45)33(23(2)30-21-39-31-9-7-6-8-28(30)31)41-36(46)43-18-16-26(17-19-43)25-11-13-27(37)14-12-25/h6-15,20-21,23,26,33,39H,5,16-19,22H2,1-4H3,(H,38,44)(H,40,45)(H,41,46)/t23-,33-/m1/s1. The van der Waals surface area contributed by atoms with Crippen LogP contribution in [-0.4, -0.2) is 72.4 Å². The van der Waals surface area contributed by atoms with Gasteiger partial charge in [-0.05, 0) is 86.8 Å². The number of rotatable bonds is 10. The van der Waals surface area contributed by atoms with Crippen molar-refractivity contribution in [2.45, 2.75) is 51.1 Å². The van der Waals surface area contributed by atoms with E-state index in [1.165, 1.54) is 12.1 Å². The average Bonchev–Trinajstić information content (AvgIpc) is 3.48. The zero-order chi connectivity index (χ0) is 32.8. The highest BCUT2D eigenvalue weighted by molar-refractivity contribution is 6.06. The molecule has 46 heavy (non-hydrogen) atoms. The maximum Gasteiger partial charge on any atom is 0.318 e. The summed E-state index contributed by atoms with van der Waals surface area (Å²) in [4.78, 5) is 47.9. The number of nitrogens with one attached hydrogen (secondary N) is 4. The van der Waals surface area contributed by atoms with Gasteiger partial charge in [0, 0.05) is 49.2 Å². The lowest BCUT2D eigenvalue weighted by Crippen LogP contribution is -2.53. The number of likely N-dealkylation sites (tertiary alicyclic amines) is 1. The Morgan fingerprint density at radius 2 is 1.74 bits per heavy atom. The largest absolute Gasteiger partial charge is 0.361 e. The smallest absolute Gasteiger partial charge is 0.318 e. The number of fused-ring (bicyclic) bond motifs is 1. The van der Waals surface area contributed by atoms with E-state index < -0.39 is 17.9 Å². The number of nitrogens with zero attached hydrogens (tertiary/aromatic N) is 2. The second-order valence-electron chi connectivity index (χ2n) is 12.3. The van der Waals surface area contributed by atoms with E-state index in [0.29, 0.717) is 37.4 Å². The van der Waals surface area contributed by atoms with E-state index in [1.54, 1.807) is 11.0 Å². The van der Waals surface area contributed by atoms with Gasteiger partial charge in [-0.25, -0.2) is 9.18 Å². The molecule has 0 unspecified atom stereocenters. The lowest BCUT2D eigenvalue weighted by atomic mass is 9.89. The Bertz CT molecular complexity index is 1680. The van der Waals surface area contributed by atoms with Crippen LogP contribution in [0.2, 0.25) is 0 Å². The number of anilines is 1. The summed E-state index contributed by atoms with van der Waals surface area (Å²) in [7, 11) is 3.90. The quantitative estimate of drug-likeness (QED) is 0.178. The molecule has 0 spiro atoms. The van der Waals surface area contributed by atoms with Crippen molar-refractivity contribution in [3.8, 4) is 0 Å². The Kier molecular flexibility index (Phi) is 10.4. The maximum absolute atomic E-state index is 14.2. The fourth-order valence-electron chi connectivity index (χ4n) is 6.27. The second kappa shape index (κ2) is 14.6. The molecule has 2 atom stereocenters. The number of hydrogen-bond acceptors (Lipinski definition) is 4. The first-order chi connectivity index (χ1) is 22.1. The highest BCUT2D eigenvalue weighted by atomic mass is 19.1. The van der Waals surface area contributed by atoms with E-state index in [1.807, 2.05) is 87.6 Å². The minimum absolute atomic E-state index is 0.232. The van der Waals surface area contributed by atoms with E-state index in [4.69, 9.17) is 0 Å².